The van der Waals surface area contributed by atoms with Crippen LogP contribution < -0.4 is 5.32 Å². The van der Waals surface area contributed by atoms with Crippen molar-refractivity contribution in [1.29, 1.82) is 0 Å². The van der Waals surface area contributed by atoms with Gasteiger partial charge in [0, 0.05) is 24.7 Å². The minimum absolute atomic E-state index is 0.0387. The lowest BCUT2D eigenvalue weighted by Crippen LogP contribution is -2.40. The largest absolute Gasteiger partial charge is 0.317 e. The second-order valence-corrected chi connectivity index (χ2v) is 7.72. The van der Waals surface area contributed by atoms with E-state index >= 15 is 0 Å². The van der Waals surface area contributed by atoms with Crippen molar-refractivity contribution in [3.8, 4) is 0 Å². The number of benzene rings is 1. The summed E-state index contributed by atoms with van der Waals surface area (Å²) in [6.07, 6.45) is 1.61. The third-order valence-corrected chi connectivity index (χ3v) is 6.37. The SMILES string of the molecule is CCNCC1CCN(S(=O)(=O)c2cccc([N+](=O)[O-])c2C)CC1. The first-order valence-corrected chi connectivity index (χ1v) is 9.26. The maximum atomic E-state index is 12.8. The topological polar surface area (TPSA) is 92.6 Å². The highest BCUT2D eigenvalue weighted by Gasteiger charge is 2.32. The molecule has 0 aromatic heterocycles. The molecule has 1 aromatic carbocycles. The maximum Gasteiger partial charge on any atom is 0.273 e. The van der Waals surface area contributed by atoms with E-state index in [4.69, 9.17) is 0 Å². The van der Waals surface area contributed by atoms with Gasteiger partial charge >= 0.3 is 0 Å². The molecule has 7 nitrogen and oxygen atoms in total. The van der Waals surface area contributed by atoms with Gasteiger partial charge in [0.05, 0.1) is 9.82 Å². The highest BCUT2D eigenvalue weighted by atomic mass is 32.2. The first-order valence-electron chi connectivity index (χ1n) is 7.82. The van der Waals surface area contributed by atoms with Gasteiger partial charge in [0.25, 0.3) is 5.69 Å². The zero-order chi connectivity index (χ0) is 17.0. The Bertz CT molecular complexity index is 667. The van der Waals surface area contributed by atoms with Crippen molar-refractivity contribution < 1.29 is 13.3 Å². The van der Waals surface area contributed by atoms with Crippen LogP contribution in [0.1, 0.15) is 25.3 Å². The van der Waals surface area contributed by atoms with E-state index in [9.17, 15) is 18.5 Å². The van der Waals surface area contributed by atoms with Crippen LogP contribution in [0.2, 0.25) is 0 Å². The van der Waals surface area contributed by atoms with E-state index in [2.05, 4.69) is 5.32 Å². The van der Waals surface area contributed by atoms with Crippen LogP contribution in [0.4, 0.5) is 5.69 Å². The quantitative estimate of drug-likeness (QED) is 0.630. The summed E-state index contributed by atoms with van der Waals surface area (Å²) < 4.78 is 27.0. The molecule has 1 heterocycles. The third kappa shape index (κ3) is 3.88. The summed E-state index contributed by atoms with van der Waals surface area (Å²) in [5.74, 6) is 0.479. The summed E-state index contributed by atoms with van der Waals surface area (Å²) in [6, 6.07) is 4.20. The molecule has 1 aliphatic rings. The molecule has 23 heavy (non-hydrogen) atoms. The van der Waals surface area contributed by atoms with E-state index in [0.717, 1.165) is 25.9 Å². The molecule has 0 atom stereocenters. The highest BCUT2D eigenvalue weighted by molar-refractivity contribution is 7.89. The molecule has 1 N–H and O–H groups in total. The van der Waals surface area contributed by atoms with Gasteiger partial charge in [-0.1, -0.05) is 13.0 Å². The van der Waals surface area contributed by atoms with Crippen molar-refractivity contribution in [2.75, 3.05) is 26.2 Å². The van der Waals surface area contributed by atoms with Gasteiger partial charge < -0.3 is 5.32 Å². The minimum atomic E-state index is -3.68. The maximum absolute atomic E-state index is 12.8. The Kier molecular flexibility index (Phi) is 5.72. The molecule has 1 saturated heterocycles. The van der Waals surface area contributed by atoms with Crippen LogP contribution in [0.3, 0.4) is 0 Å². The Morgan fingerprint density at radius 2 is 2.00 bits per heavy atom. The lowest BCUT2D eigenvalue weighted by atomic mass is 9.98. The fraction of sp³-hybridized carbons (Fsp3) is 0.600. The number of hydrogen-bond donors (Lipinski definition) is 1. The number of nitro benzene ring substituents is 1. The van der Waals surface area contributed by atoms with Gasteiger partial charge in [-0.05, 0) is 44.8 Å². The van der Waals surface area contributed by atoms with Crippen LogP contribution in [-0.4, -0.2) is 43.8 Å². The summed E-state index contributed by atoms with van der Waals surface area (Å²) in [4.78, 5) is 10.5. The minimum Gasteiger partial charge on any atom is -0.317 e. The van der Waals surface area contributed by atoms with Crippen molar-refractivity contribution >= 4 is 15.7 Å². The van der Waals surface area contributed by atoms with Crippen LogP contribution >= 0.6 is 0 Å². The molecule has 0 spiro atoms. The van der Waals surface area contributed by atoms with Crippen molar-refractivity contribution in [3.63, 3.8) is 0 Å². The van der Waals surface area contributed by atoms with Gasteiger partial charge in [-0.2, -0.15) is 4.31 Å². The average Bonchev–Trinajstić information content (AvgIpc) is 2.53. The van der Waals surface area contributed by atoms with Gasteiger partial charge in [0.1, 0.15) is 0 Å². The summed E-state index contributed by atoms with van der Waals surface area (Å²) in [5, 5.41) is 14.3. The monoisotopic (exact) mass is 341 g/mol. The number of nitrogens with one attached hydrogen (secondary N) is 1. The summed E-state index contributed by atoms with van der Waals surface area (Å²) in [7, 11) is -3.68. The van der Waals surface area contributed by atoms with E-state index < -0.39 is 14.9 Å². The molecular weight excluding hydrogens is 318 g/mol. The summed E-state index contributed by atoms with van der Waals surface area (Å²) >= 11 is 0. The zero-order valence-electron chi connectivity index (χ0n) is 13.5. The molecule has 2 rings (SSSR count). The molecule has 0 aliphatic carbocycles. The third-order valence-electron chi connectivity index (χ3n) is 4.33. The number of hydrogen-bond acceptors (Lipinski definition) is 5. The Hall–Kier alpha value is -1.51. The van der Waals surface area contributed by atoms with Crippen molar-refractivity contribution in [3.05, 3.63) is 33.9 Å². The fourth-order valence-electron chi connectivity index (χ4n) is 2.92. The lowest BCUT2D eigenvalue weighted by molar-refractivity contribution is -0.385. The molecule has 0 bridgehead atoms. The predicted octanol–water partition coefficient (Wildman–Crippen LogP) is 1.91. The average molecular weight is 341 g/mol. The second kappa shape index (κ2) is 7.37. The van der Waals surface area contributed by atoms with E-state index in [1.54, 1.807) is 0 Å². The van der Waals surface area contributed by atoms with Crippen molar-refractivity contribution in [2.45, 2.75) is 31.6 Å². The molecule has 1 aliphatic heterocycles. The molecule has 0 radical (unpaired) electrons. The van der Waals surface area contributed by atoms with Gasteiger partial charge in [-0.15, -0.1) is 0 Å². The number of sulfonamides is 1. The highest BCUT2D eigenvalue weighted by Crippen LogP contribution is 2.29. The van der Waals surface area contributed by atoms with E-state index in [1.807, 2.05) is 6.92 Å². The molecule has 0 amide bonds. The summed E-state index contributed by atoms with van der Waals surface area (Å²) in [6.45, 7) is 6.26. The van der Waals surface area contributed by atoms with Crippen LogP contribution in [0.25, 0.3) is 0 Å². The Morgan fingerprint density at radius 3 is 2.57 bits per heavy atom. The smallest absolute Gasteiger partial charge is 0.273 e. The molecule has 128 valence electrons. The molecular formula is C15H23N3O4S. The fourth-order valence-corrected chi connectivity index (χ4v) is 4.63. The standard InChI is InChI=1S/C15H23N3O4S/c1-3-16-11-13-7-9-17(10-8-13)23(21,22)15-6-4-5-14(12(15)2)18(19)20/h4-6,13,16H,3,7-11H2,1-2H3. The zero-order valence-corrected chi connectivity index (χ0v) is 14.3. The number of piperidine rings is 1. The van der Waals surface area contributed by atoms with Crippen LogP contribution in [0.5, 0.6) is 0 Å². The number of rotatable bonds is 6. The van der Waals surface area contributed by atoms with Crippen LogP contribution in [-0.2, 0) is 10.0 Å². The van der Waals surface area contributed by atoms with Crippen molar-refractivity contribution in [1.82, 2.24) is 9.62 Å². The van der Waals surface area contributed by atoms with E-state index in [0.29, 0.717) is 19.0 Å². The Morgan fingerprint density at radius 1 is 1.35 bits per heavy atom. The number of nitrogens with zero attached hydrogens (tertiary/aromatic N) is 2. The van der Waals surface area contributed by atoms with Crippen molar-refractivity contribution in [2.24, 2.45) is 5.92 Å². The normalized spacial score (nSPS) is 17.3. The van der Waals surface area contributed by atoms with Gasteiger partial charge in [-0.25, -0.2) is 8.42 Å². The molecule has 8 heteroatoms. The van der Waals surface area contributed by atoms with Gasteiger partial charge in [0.15, 0.2) is 0 Å². The van der Waals surface area contributed by atoms with Gasteiger partial charge in [-0.3, -0.25) is 10.1 Å². The lowest BCUT2D eigenvalue weighted by Gasteiger charge is -2.31. The first kappa shape index (κ1) is 17.8. The molecule has 0 unspecified atom stereocenters. The van der Waals surface area contributed by atoms with Crippen LogP contribution in [0, 0.1) is 23.0 Å². The Labute approximate surface area is 136 Å². The van der Waals surface area contributed by atoms with Crippen LogP contribution in [0.15, 0.2) is 23.1 Å². The number of nitro groups is 1. The van der Waals surface area contributed by atoms with Gasteiger partial charge in [0.2, 0.25) is 10.0 Å². The molecule has 0 saturated carbocycles. The predicted molar refractivity (Wildman–Crippen MR) is 87.9 cm³/mol. The molecule has 1 aromatic rings. The Balaban J connectivity index is 2.17. The first-order chi connectivity index (χ1) is 10.9. The second-order valence-electron chi connectivity index (χ2n) is 5.81. The van der Waals surface area contributed by atoms with E-state index in [1.165, 1.54) is 29.4 Å². The van der Waals surface area contributed by atoms with E-state index in [-0.39, 0.29) is 16.1 Å². The summed E-state index contributed by atoms with van der Waals surface area (Å²) in [5.41, 5.74) is 0.0420. The molecule has 1 fully saturated rings.